The molecular formula is C28H32O. The lowest BCUT2D eigenvalue weighted by atomic mass is 9.65. The number of carbonyl (C=O) groups excluding carboxylic acids is 1. The highest BCUT2D eigenvalue weighted by Gasteiger charge is 2.42. The fourth-order valence-corrected chi connectivity index (χ4v) is 4.30. The second-order valence-corrected chi connectivity index (χ2v) is 7.79. The lowest BCUT2D eigenvalue weighted by Crippen LogP contribution is -2.38. The van der Waals surface area contributed by atoms with Crippen LogP contribution in [0.1, 0.15) is 68.6 Å². The Balaban J connectivity index is 2.00. The van der Waals surface area contributed by atoms with Crippen molar-refractivity contribution in [1.82, 2.24) is 0 Å². The highest BCUT2D eigenvalue weighted by Crippen LogP contribution is 2.41. The molecule has 0 aliphatic carbocycles. The Hall–Kier alpha value is -2.67. The number of hydrogen-bond acceptors (Lipinski definition) is 1. The van der Waals surface area contributed by atoms with Crippen molar-refractivity contribution in [2.75, 3.05) is 0 Å². The van der Waals surface area contributed by atoms with Crippen LogP contribution in [-0.2, 0) is 10.2 Å². The van der Waals surface area contributed by atoms with E-state index in [-0.39, 0.29) is 5.78 Å². The minimum absolute atomic E-state index is 0.289. The molecule has 0 unspecified atom stereocenters. The van der Waals surface area contributed by atoms with Crippen LogP contribution in [0, 0.1) is 0 Å². The van der Waals surface area contributed by atoms with Crippen molar-refractivity contribution in [2.45, 2.75) is 57.3 Å². The fraction of sp³-hybridized carbons (Fsp3) is 0.321. The molecule has 0 N–H and O–H groups in total. The first-order chi connectivity index (χ1) is 14.3. The number of Topliss-reactive ketones (excluding diaryl/α,β-unsaturated/α-hetero) is 1. The van der Waals surface area contributed by atoms with E-state index >= 15 is 0 Å². The van der Waals surface area contributed by atoms with Crippen LogP contribution in [0.15, 0.2) is 91.0 Å². The Morgan fingerprint density at radius 3 is 1.38 bits per heavy atom. The third-order valence-electron chi connectivity index (χ3n) is 5.80. The van der Waals surface area contributed by atoms with Gasteiger partial charge in [0.05, 0.1) is 0 Å². The molecule has 0 fully saturated rings. The molecule has 3 rings (SSSR count). The largest absolute Gasteiger partial charge is 0.298 e. The van der Waals surface area contributed by atoms with E-state index in [1.54, 1.807) is 0 Å². The molecule has 0 radical (unpaired) electrons. The predicted octanol–water partition coefficient (Wildman–Crippen LogP) is 7.34. The van der Waals surface area contributed by atoms with Gasteiger partial charge < -0.3 is 0 Å². The van der Waals surface area contributed by atoms with Crippen molar-refractivity contribution in [3.63, 3.8) is 0 Å². The third-order valence-corrected chi connectivity index (χ3v) is 5.80. The molecule has 3 aromatic carbocycles. The quantitative estimate of drug-likeness (QED) is 0.250. The normalized spacial score (nSPS) is 11.3. The van der Waals surface area contributed by atoms with Crippen LogP contribution < -0.4 is 0 Å². The van der Waals surface area contributed by atoms with Crippen molar-refractivity contribution in [1.29, 1.82) is 0 Å². The molecule has 0 aromatic heterocycles. The smallest absolute Gasteiger partial charge is 0.152 e. The first kappa shape index (κ1) is 21.0. The Labute approximate surface area is 175 Å². The monoisotopic (exact) mass is 384 g/mol. The molecule has 0 aliphatic rings. The fourth-order valence-electron chi connectivity index (χ4n) is 4.30. The number of unbranched alkanes of at least 4 members (excludes halogenated alkanes) is 5. The number of carbonyl (C=O) groups is 1. The van der Waals surface area contributed by atoms with Gasteiger partial charge in [-0.05, 0) is 23.1 Å². The highest BCUT2D eigenvalue weighted by molar-refractivity contribution is 5.97. The lowest BCUT2D eigenvalue weighted by molar-refractivity contribution is -0.122. The van der Waals surface area contributed by atoms with E-state index in [0.717, 1.165) is 29.5 Å². The molecule has 0 amide bonds. The Bertz CT molecular complexity index is 756. The molecule has 29 heavy (non-hydrogen) atoms. The van der Waals surface area contributed by atoms with Crippen LogP contribution in [0.3, 0.4) is 0 Å². The van der Waals surface area contributed by atoms with Crippen LogP contribution in [0.4, 0.5) is 0 Å². The van der Waals surface area contributed by atoms with Gasteiger partial charge in [0.15, 0.2) is 5.78 Å². The molecule has 150 valence electrons. The molecule has 3 aromatic rings. The maximum absolute atomic E-state index is 14.0. The molecule has 1 nitrogen and oxygen atoms in total. The predicted molar refractivity (Wildman–Crippen MR) is 122 cm³/mol. The van der Waals surface area contributed by atoms with Gasteiger partial charge in [-0.15, -0.1) is 0 Å². The van der Waals surface area contributed by atoms with Gasteiger partial charge in [0.25, 0.3) is 0 Å². The van der Waals surface area contributed by atoms with Crippen molar-refractivity contribution in [3.05, 3.63) is 108 Å². The summed E-state index contributed by atoms with van der Waals surface area (Å²) >= 11 is 0. The molecule has 0 bridgehead atoms. The zero-order valence-electron chi connectivity index (χ0n) is 17.5. The molecule has 0 saturated heterocycles. The minimum Gasteiger partial charge on any atom is -0.298 e. The third kappa shape index (κ3) is 4.85. The van der Waals surface area contributed by atoms with E-state index in [9.17, 15) is 4.79 Å². The van der Waals surface area contributed by atoms with E-state index in [1.807, 2.05) is 54.6 Å². The van der Waals surface area contributed by atoms with Gasteiger partial charge in [-0.2, -0.15) is 0 Å². The van der Waals surface area contributed by atoms with E-state index < -0.39 is 5.41 Å². The summed E-state index contributed by atoms with van der Waals surface area (Å²) in [6.45, 7) is 2.23. The van der Waals surface area contributed by atoms with Gasteiger partial charge >= 0.3 is 0 Å². The first-order valence-corrected chi connectivity index (χ1v) is 11.0. The summed E-state index contributed by atoms with van der Waals surface area (Å²) in [6, 6.07) is 30.8. The van der Waals surface area contributed by atoms with Crippen LogP contribution >= 0.6 is 0 Å². The zero-order chi connectivity index (χ0) is 20.4. The van der Waals surface area contributed by atoms with Crippen molar-refractivity contribution in [3.8, 4) is 0 Å². The number of rotatable bonds is 11. The second-order valence-electron chi connectivity index (χ2n) is 7.79. The maximum Gasteiger partial charge on any atom is 0.152 e. The lowest BCUT2D eigenvalue weighted by Gasteiger charge is -2.34. The Kier molecular flexibility index (Phi) is 7.81. The van der Waals surface area contributed by atoms with Crippen molar-refractivity contribution < 1.29 is 4.79 Å². The van der Waals surface area contributed by atoms with E-state index in [2.05, 4.69) is 43.3 Å². The van der Waals surface area contributed by atoms with Gasteiger partial charge in [-0.3, -0.25) is 4.79 Å². The van der Waals surface area contributed by atoms with Crippen LogP contribution in [0.5, 0.6) is 0 Å². The van der Waals surface area contributed by atoms with E-state index in [0.29, 0.717) is 6.42 Å². The van der Waals surface area contributed by atoms with Gasteiger partial charge in [-0.1, -0.05) is 130 Å². The summed E-state index contributed by atoms with van der Waals surface area (Å²) in [5.74, 6) is 0.289. The zero-order valence-corrected chi connectivity index (χ0v) is 17.5. The van der Waals surface area contributed by atoms with Gasteiger partial charge in [0.2, 0.25) is 0 Å². The summed E-state index contributed by atoms with van der Waals surface area (Å²) < 4.78 is 0. The molecular weight excluding hydrogens is 352 g/mol. The van der Waals surface area contributed by atoms with Crippen molar-refractivity contribution in [2.24, 2.45) is 0 Å². The maximum atomic E-state index is 14.0. The molecule has 0 saturated carbocycles. The summed E-state index contributed by atoms with van der Waals surface area (Å²) in [7, 11) is 0. The highest BCUT2D eigenvalue weighted by atomic mass is 16.1. The second kappa shape index (κ2) is 10.8. The Morgan fingerprint density at radius 1 is 0.586 bits per heavy atom. The minimum atomic E-state index is -0.757. The van der Waals surface area contributed by atoms with Gasteiger partial charge in [0.1, 0.15) is 5.41 Å². The van der Waals surface area contributed by atoms with Gasteiger partial charge in [-0.25, -0.2) is 0 Å². The summed E-state index contributed by atoms with van der Waals surface area (Å²) in [4.78, 5) is 14.0. The van der Waals surface area contributed by atoms with E-state index in [4.69, 9.17) is 0 Å². The van der Waals surface area contributed by atoms with Crippen LogP contribution in [-0.4, -0.2) is 5.78 Å². The number of hydrogen-bond donors (Lipinski definition) is 0. The van der Waals surface area contributed by atoms with Crippen LogP contribution in [0.2, 0.25) is 0 Å². The average molecular weight is 385 g/mol. The van der Waals surface area contributed by atoms with Crippen molar-refractivity contribution >= 4 is 5.78 Å². The first-order valence-electron chi connectivity index (χ1n) is 11.0. The summed E-state index contributed by atoms with van der Waals surface area (Å²) in [5, 5.41) is 0. The number of ketones is 1. The standard InChI is InChI=1S/C28H32O/c1-2-3-4-5-6-16-23-27(29)28(24-17-10-7-11-18-24,25-19-12-8-13-20-25)26-21-14-9-15-22-26/h7-15,17-22H,2-6,16,23H2,1H3. The molecule has 0 aliphatic heterocycles. The summed E-state index contributed by atoms with van der Waals surface area (Å²) in [5.41, 5.74) is 2.39. The number of benzene rings is 3. The molecule has 0 atom stereocenters. The van der Waals surface area contributed by atoms with E-state index in [1.165, 1.54) is 25.7 Å². The van der Waals surface area contributed by atoms with Gasteiger partial charge in [0, 0.05) is 6.42 Å². The SMILES string of the molecule is CCCCCCCCC(=O)C(c1ccccc1)(c1ccccc1)c1ccccc1. The topological polar surface area (TPSA) is 17.1 Å². The molecule has 0 heterocycles. The van der Waals surface area contributed by atoms with Crippen LogP contribution in [0.25, 0.3) is 0 Å². The molecule has 1 heteroatoms. The Morgan fingerprint density at radius 2 is 0.966 bits per heavy atom. The average Bonchev–Trinajstić information content (AvgIpc) is 2.79. The molecule has 0 spiro atoms. The summed E-state index contributed by atoms with van der Waals surface area (Å²) in [6.07, 6.45) is 7.71.